The van der Waals surface area contributed by atoms with Gasteiger partial charge in [-0.2, -0.15) is 0 Å². The Morgan fingerprint density at radius 2 is 1.82 bits per heavy atom. The number of carbonyl (C=O) groups excluding carboxylic acids is 1. The number of hydrogen-bond donors (Lipinski definition) is 4. The topological polar surface area (TPSA) is 124 Å². The van der Waals surface area contributed by atoms with E-state index in [0.29, 0.717) is 47.5 Å². The molecule has 4 N–H and O–H groups in total. The summed E-state index contributed by atoms with van der Waals surface area (Å²) in [4.78, 5) is 37.4. The summed E-state index contributed by atoms with van der Waals surface area (Å²) >= 11 is 0. The minimum atomic E-state index is -0.530. The Morgan fingerprint density at radius 1 is 1.08 bits per heavy atom. The van der Waals surface area contributed by atoms with E-state index in [1.807, 2.05) is 38.1 Å². The maximum atomic E-state index is 13.2. The molecule has 11 heteroatoms. The van der Waals surface area contributed by atoms with Crippen LogP contribution in [0.2, 0.25) is 0 Å². The summed E-state index contributed by atoms with van der Waals surface area (Å²) in [7, 11) is 3.65. The summed E-state index contributed by atoms with van der Waals surface area (Å²) in [6, 6.07) is 9.27. The number of nitrogens with zero attached hydrogens (tertiary/aromatic N) is 3. The highest BCUT2D eigenvalue weighted by Crippen LogP contribution is 2.41. The fourth-order valence-electron chi connectivity index (χ4n) is 4.34. The van der Waals surface area contributed by atoms with Crippen LogP contribution < -0.4 is 35.9 Å². The number of carbonyl (C=O) groups is 1. The van der Waals surface area contributed by atoms with Gasteiger partial charge in [0.2, 0.25) is 5.88 Å². The van der Waals surface area contributed by atoms with Crippen molar-refractivity contribution in [1.82, 2.24) is 14.9 Å². The highest BCUT2D eigenvalue weighted by Gasteiger charge is 2.23. The van der Waals surface area contributed by atoms with Crippen molar-refractivity contribution in [3.8, 4) is 11.6 Å². The summed E-state index contributed by atoms with van der Waals surface area (Å²) in [5.74, 6) is 0.386. The predicted molar refractivity (Wildman–Crippen MR) is 151 cm³/mol. The van der Waals surface area contributed by atoms with Crippen LogP contribution in [0.5, 0.6) is 11.6 Å². The number of hydrogen-bond acceptors (Lipinski definition) is 9. The molecule has 4 heterocycles. The molecule has 1 aromatic carbocycles. The predicted octanol–water partition coefficient (Wildman–Crippen LogP) is 3.36. The standard InChI is InChI=1S/C25H29N7O4.C2H6/c1-31-10-12-32(13-11-31)17-5-3-16(4-6-17)29-24(34)20-18(7-8-27-23(20)33)30-19-15-28-25-21(22(19)35-2)26-9-14-36-25;1-2/h3-8,15,26H,9-14H2,1-2H3,(H,29,34)(H2,27,30,33);1-2H3. The normalized spacial score (nSPS) is 14.7. The van der Waals surface area contributed by atoms with Crippen molar-refractivity contribution in [2.45, 2.75) is 13.8 Å². The third kappa shape index (κ3) is 5.83. The summed E-state index contributed by atoms with van der Waals surface area (Å²) in [6.45, 7) is 9.06. The zero-order valence-electron chi connectivity index (χ0n) is 22.3. The zero-order chi connectivity index (χ0) is 27.1. The third-order valence-electron chi connectivity index (χ3n) is 6.29. The molecule has 1 fully saturated rings. The minimum Gasteiger partial charge on any atom is -0.492 e. The number of methoxy groups -OCH3 is 1. The lowest BCUT2D eigenvalue weighted by atomic mass is 10.2. The summed E-state index contributed by atoms with van der Waals surface area (Å²) in [5, 5.41) is 9.18. The van der Waals surface area contributed by atoms with Crippen LogP contribution in [-0.4, -0.2) is 74.3 Å². The molecular formula is C27H35N7O4. The number of aromatic amines is 1. The van der Waals surface area contributed by atoms with Gasteiger partial charge in [-0.05, 0) is 37.4 Å². The maximum absolute atomic E-state index is 13.2. The number of rotatable bonds is 6. The van der Waals surface area contributed by atoms with Crippen LogP contribution in [0, 0.1) is 0 Å². The number of fused-ring (bicyclic) bond motifs is 1. The number of anilines is 5. The van der Waals surface area contributed by atoms with Crippen molar-refractivity contribution in [3.05, 3.63) is 58.6 Å². The van der Waals surface area contributed by atoms with Crippen molar-refractivity contribution in [2.75, 3.05) is 74.3 Å². The van der Waals surface area contributed by atoms with Crippen molar-refractivity contribution in [3.63, 3.8) is 0 Å². The van der Waals surface area contributed by atoms with Gasteiger partial charge in [0.15, 0.2) is 5.75 Å². The second kappa shape index (κ2) is 12.3. The van der Waals surface area contributed by atoms with Crippen LogP contribution in [0.1, 0.15) is 24.2 Å². The molecule has 202 valence electrons. The van der Waals surface area contributed by atoms with Gasteiger partial charge in [-0.3, -0.25) is 9.59 Å². The summed E-state index contributed by atoms with van der Waals surface area (Å²) < 4.78 is 11.1. The van der Waals surface area contributed by atoms with Crippen molar-refractivity contribution in [1.29, 1.82) is 0 Å². The average molecular weight is 522 g/mol. The molecule has 3 aromatic rings. The molecule has 38 heavy (non-hydrogen) atoms. The first kappa shape index (κ1) is 26.8. The van der Waals surface area contributed by atoms with Gasteiger partial charge < -0.3 is 40.2 Å². The monoisotopic (exact) mass is 521 g/mol. The Labute approximate surface area is 222 Å². The SMILES string of the molecule is CC.COc1c(Nc2cc[nH]c(=O)c2C(=O)Nc2ccc(N3CCN(C)CC3)cc2)cnc2c1NCCO2. The lowest BCUT2D eigenvalue weighted by Crippen LogP contribution is -2.44. The Balaban J connectivity index is 0.00000164. The first-order valence-corrected chi connectivity index (χ1v) is 12.8. The van der Waals surface area contributed by atoms with Crippen molar-refractivity contribution >= 4 is 34.3 Å². The molecular weight excluding hydrogens is 486 g/mol. The van der Waals surface area contributed by atoms with E-state index in [0.717, 1.165) is 31.9 Å². The molecule has 2 aliphatic heterocycles. The smallest absolute Gasteiger partial charge is 0.263 e. The zero-order valence-corrected chi connectivity index (χ0v) is 22.3. The van der Waals surface area contributed by atoms with Crippen LogP contribution in [0.4, 0.5) is 28.4 Å². The Morgan fingerprint density at radius 3 is 2.53 bits per heavy atom. The van der Waals surface area contributed by atoms with Crippen LogP contribution in [0.3, 0.4) is 0 Å². The molecule has 0 aliphatic carbocycles. The largest absolute Gasteiger partial charge is 0.492 e. The molecule has 5 rings (SSSR count). The quantitative estimate of drug-likeness (QED) is 0.387. The fourth-order valence-corrected chi connectivity index (χ4v) is 4.34. The Hall–Kier alpha value is -4.25. The van der Waals surface area contributed by atoms with Crippen LogP contribution in [0.15, 0.2) is 47.5 Å². The number of likely N-dealkylation sites (N-methyl/N-ethyl adjacent to an activating group) is 1. The van der Waals surface area contributed by atoms with Gasteiger partial charge in [-0.1, -0.05) is 13.8 Å². The first-order valence-electron chi connectivity index (χ1n) is 12.8. The van der Waals surface area contributed by atoms with Crippen molar-refractivity contribution < 1.29 is 14.3 Å². The Bertz CT molecular complexity index is 1300. The highest BCUT2D eigenvalue weighted by atomic mass is 16.5. The van der Waals surface area contributed by atoms with E-state index in [1.54, 1.807) is 12.3 Å². The van der Waals surface area contributed by atoms with Gasteiger partial charge in [0, 0.05) is 50.3 Å². The number of piperazine rings is 1. The number of H-pyrrole nitrogens is 1. The summed E-state index contributed by atoms with van der Waals surface area (Å²) in [5.41, 5.74) is 2.56. The lowest BCUT2D eigenvalue weighted by Gasteiger charge is -2.34. The van der Waals surface area contributed by atoms with Crippen LogP contribution in [-0.2, 0) is 0 Å². The highest BCUT2D eigenvalue weighted by molar-refractivity contribution is 6.08. The maximum Gasteiger partial charge on any atom is 0.263 e. The molecule has 2 aliphatic rings. The molecule has 0 radical (unpaired) electrons. The number of aromatic nitrogens is 2. The second-order valence-electron chi connectivity index (χ2n) is 8.67. The van der Waals surface area contributed by atoms with E-state index in [2.05, 4.69) is 42.8 Å². The number of pyridine rings is 2. The lowest BCUT2D eigenvalue weighted by molar-refractivity contribution is 0.102. The van der Waals surface area contributed by atoms with E-state index in [4.69, 9.17) is 9.47 Å². The van der Waals surface area contributed by atoms with Gasteiger partial charge in [-0.25, -0.2) is 4.98 Å². The fraction of sp³-hybridized carbons (Fsp3) is 0.370. The van der Waals surface area contributed by atoms with Gasteiger partial charge in [-0.15, -0.1) is 0 Å². The molecule has 1 saturated heterocycles. The molecule has 0 saturated carbocycles. The Kier molecular flexibility index (Phi) is 8.70. The molecule has 2 aromatic heterocycles. The minimum absolute atomic E-state index is 0.0513. The summed E-state index contributed by atoms with van der Waals surface area (Å²) in [6.07, 6.45) is 3.02. The first-order chi connectivity index (χ1) is 18.5. The molecule has 1 amide bonds. The molecule has 0 atom stereocenters. The number of ether oxygens (including phenoxy) is 2. The molecule has 0 unspecified atom stereocenters. The van der Waals surface area contributed by atoms with E-state index in [-0.39, 0.29) is 5.56 Å². The van der Waals surface area contributed by atoms with E-state index in [9.17, 15) is 9.59 Å². The number of benzene rings is 1. The van der Waals surface area contributed by atoms with Crippen LogP contribution in [0.25, 0.3) is 0 Å². The molecule has 11 nitrogen and oxygen atoms in total. The van der Waals surface area contributed by atoms with Crippen molar-refractivity contribution in [2.24, 2.45) is 0 Å². The van der Waals surface area contributed by atoms with E-state index in [1.165, 1.54) is 13.3 Å². The third-order valence-corrected chi connectivity index (χ3v) is 6.29. The molecule has 0 spiro atoms. The second-order valence-corrected chi connectivity index (χ2v) is 8.67. The van der Waals surface area contributed by atoms with Gasteiger partial charge in [0.25, 0.3) is 11.5 Å². The van der Waals surface area contributed by atoms with Crippen LogP contribution >= 0.6 is 0 Å². The number of nitrogens with one attached hydrogen (secondary N) is 4. The van der Waals surface area contributed by atoms with Gasteiger partial charge in [0.05, 0.1) is 19.0 Å². The van der Waals surface area contributed by atoms with E-state index < -0.39 is 11.5 Å². The van der Waals surface area contributed by atoms with E-state index >= 15 is 0 Å². The number of amides is 1. The average Bonchev–Trinajstić information content (AvgIpc) is 2.95. The van der Waals surface area contributed by atoms with Gasteiger partial charge in [0.1, 0.15) is 23.5 Å². The van der Waals surface area contributed by atoms with Gasteiger partial charge >= 0.3 is 0 Å². The molecule has 0 bridgehead atoms.